The van der Waals surface area contributed by atoms with Gasteiger partial charge in [-0.25, -0.2) is 37.1 Å². The molecule has 2 aliphatic heterocycles. The molecular formula is C33H35F7N8O6S2. The third kappa shape index (κ3) is 10.5. The second-order valence-corrected chi connectivity index (χ2v) is 14.4. The van der Waals surface area contributed by atoms with Crippen molar-refractivity contribution in [3.05, 3.63) is 67.6 Å². The summed E-state index contributed by atoms with van der Waals surface area (Å²) in [5.41, 5.74) is -1.99. The molecule has 0 unspecified atom stereocenters. The summed E-state index contributed by atoms with van der Waals surface area (Å²) in [4.78, 5) is 59.4. The van der Waals surface area contributed by atoms with Gasteiger partial charge in [0.05, 0.1) is 24.2 Å². The highest BCUT2D eigenvalue weighted by atomic mass is 32.1. The molecule has 2 amide bonds. The van der Waals surface area contributed by atoms with Crippen molar-refractivity contribution in [2.45, 2.75) is 69.6 Å². The number of methoxy groups -OCH3 is 2. The van der Waals surface area contributed by atoms with Gasteiger partial charge >= 0.3 is 18.1 Å². The molecule has 0 aromatic carbocycles. The Hall–Kier alpha value is -4.93. The maximum absolute atomic E-state index is 13.1. The van der Waals surface area contributed by atoms with Crippen LogP contribution in [0.4, 0.5) is 30.7 Å². The smallest absolute Gasteiger partial charge is 0.435 e. The molecule has 304 valence electrons. The van der Waals surface area contributed by atoms with Crippen LogP contribution in [0.3, 0.4) is 0 Å². The second-order valence-electron chi connectivity index (χ2n) is 12.6. The van der Waals surface area contributed by atoms with Gasteiger partial charge in [0, 0.05) is 55.0 Å². The van der Waals surface area contributed by atoms with Gasteiger partial charge in [-0.1, -0.05) is 0 Å². The zero-order chi connectivity index (χ0) is 40.7. The number of nitrogens with zero attached hydrogens (tertiary/aromatic N) is 8. The molecular weight excluding hydrogens is 802 g/mol. The average molecular weight is 837 g/mol. The SMILES string of the molecule is COC(=O)c1csc(C2CCN(C(=O)Cn3ccc(C(F)(F)F)n3)CC2)n1.COC(=O)c1csc(C2CCN(C(=O)Cn3nc(C(F)F)cc3C(F)F)CC2)n1. The van der Waals surface area contributed by atoms with Crippen LogP contribution in [0.1, 0.15) is 98.4 Å². The van der Waals surface area contributed by atoms with Crippen molar-refractivity contribution in [2.24, 2.45) is 0 Å². The zero-order valence-corrected chi connectivity index (χ0v) is 31.4. The Morgan fingerprint density at radius 1 is 0.768 bits per heavy atom. The Bertz CT molecular complexity index is 1980. The van der Waals surface area contributed by atoms with Crippen LogP contribution in [-0.4, -0.2) is 103 Å². The van der Waals surface area contributed by atoms with Crippen molar-refractivity contribution in [1.29, 1.82) is 0 Å². The molecule has 0 atom stereocenters. The molecule has 0 N–H and O–H groups in total. The first-order valence-corrected chi connectivity index (χ1v) is 18.7. The molecule has 0 radical (unpaired) electrons. The summed E-state index contributed by atoms with van der Waals surface area (Å²) < 4.78 is 100. The predicted octanol–water partition coefficient (Wildman–Crippen LogP) is 5.96. The third-order valence-electron chi connectivity index (χ3n) is 9.02. The van der Waals surface area contributed by atoms with E-state index in [4.69, 9.17) is 0 Å². The number of carbonyl (C=O) groups is 4. The maximum Gasteiger partial charge on any atom is 0.435 e. The fourth-order valence-corrected chi connectivity index (χ4v) is 7.95. The van der Waals surface area contributed by atoms with Crippen LogP contribution in [0.2, 0.25) is 0 Å². The molecule has 2 fully saturated rings. The van der Waals surface area contributed by atoms with E-state index in [1.165, 1.54) is 41.8 Å². The molecule has 0 bridgehead atoms. The Morgan fingerprint density at radius 2 is 1.25 bits per heavy atom. The predicted molar refractivity (Wildman–Crippen MR) is 183 cm³/mol. The molecule has 2 saturated heterocycles. The molecule has 0 saturated carbocycles. The van der Waals surface area contributed by atoms with E-state index in [0.717, 1.165) is 27.0 Å². The van der Waals surface area contributed by atoms with Crippen molar-refractivity contribution >= 4 is 46.4 Å². The highest BCUT2D eigenvalue weighted by molar-refractivity contribution is 7.10. The van der Waals surface area contributed by atoms with Crippen LogP contribution in [0.15, 0.2) is 29.1 Å². The first-order chi connectivity index (χ1) is 26.6. The molecule has 6 rings (SSSR count). The number of likely N-dealkylation sites (tertiary alicyclic amines) is 2. The maximum atomic E-state index is 13.1. The van der Waals surface area contributed by atoms with Crippen molar-refractivity contribution < 1.29 is 59.4 Å². The first-order valence-electron chi connectivity index (χ1n) is 17.0. The average Bonchev–Trinajstić information content (AvgIpc) is 4.01. The van der Waals surface area contributed by atoms with Gasteiger partial charge in [-0.15, -0.1) is 22.7 Å². The number of hydrogen-bond donors (Lipinski definition) is 0. The number of halogens is 7. The molecule has 0 aliphatic carbocycles. The summed E-state index contributed by atoms with van der Waals surface area (Å²) in [7, 11) is 2.57. The molecule has 2 aliphatic rings. The highest BCUT2D eigenvalue weighted by Crippen LogP contribution is 2.33. The Kier molecular flexibility index (Phi) is 13.8. The lowest BCUT2D eigenvalue weighted by molar-refractivity contribution is -0.142. The van der Waals surface area contributed by atoms with Crippen LogP contribution >= 0.6 is 22.7 Å². The number of piperidine rings is 2. The number of rotatable bonds is 10. The quantitative estimate of drug-likeness (QED) is 0.138. The highest BCUT2D eigenvalue weighted by Gasteiger charge is 2.34. The van der Waals surface area contributed by atoms with E-state index in [2.05, 4.69) is 29.6 Å². The summed E-state index contributed by atoms with van der Waals surface area (Å²) >= 11 is 2.72. The summed E-state index contributed by atoms with van der Waals surface area (Å²) in [6.07, 6.45) is -6.86. The van der Waals surface area contributed by atoms with E-state index >= 15 is 0 Å². The first kappa shape index (κ1) is 42.2. The van der Waals surface area contributed by atoms with Crippen molar-refractivity contribution in [1.82, 2.24) is 39.3 Å². The molecule has 56 heavy (non-hydrogen) atoms. The van der Waals surface area contributed by atoms with Crippen LogP contribution in [-0.2, 0) is 38.3 Å². The van der Waals surface area contributed by atoms with Gasteiger partial charge in [0.15, 0.2) is 17.1 Å². The summed E-state index contributed by atoms with van der Waals surface area (Å²) in [6.45, 7) is 0.923. The molecule has 23 heteroatoms. The van der Waals surface area contributed by atoms with Gasteiger partial charge in [0.25, 0.3) is 12.9 Å². The van der Waals surface area contributed by atoms with Crippen LogP contribution in [0.5, 0.6) is 0 Å². The van der Waals surface area contributed by atoms with E-state index in [1.807, 2.05) is 0 Å². The number of thiazole rings is 2. The topological polar surface area (TPSA) is 155 Å². The van der Waals surface area contributed by atoms with Gasteiger partial charge in [0.2, 0.25) is 11.8 Å². The van der Waals surface area contributed by atoms with Crippen LogP contribution in [0, 0.1) is 0 Å². The normalized spacial score (nSPS) is 15.6. The zero-order valence-electron chi connectivity index (χ0n) is 29.8. The minimum Gasteiger partial charge on any atom is -0.464 e. The Labute approximate surface area is 322 Å². The van der Waals surface area contributed by atoms with E-state index < -0.39 is 60.5 Å². The van der Waals surface area contributed by atoms with Gasteiger partial charge in [-0.2, -0.15) is 23.4 Å². The number of amides is 2. The molecule has 6 heterocycles. The minimum absolute atomic E-state index is 0.0641. The number of alkyl halides is 7. The van der Waals surface area contributed by atoms with Crippen LogP contribution in [0.25, 0.3) is 0 Å². The largest absolute Gasteiger partial charge is 0.464 e. The number of aromatic nitrogens is 6. The van der Waals surface area contributed by atoms with Gasteiger partial charge in [-0.05, 0) is 37.8 Å². The summed E-state index contributed by atoms with van der Waals surface area (Å²) in [5.74, 6) is -1.54. The van der Waals surface area contributed by atoms with E-state index in [-0.39, 0.29) is 35.7 Å². The van der Waals surface area contributed by atoms with Gasteiger partial charge in [-0.3, -0.25) is 19.0 Å². The molecule has 4 aromatic rings. The lowest BCUT2D eigenvalue weighted by atomic mass is 9.97. The van der Waals surface area contributed by atoms with Gasteiger partial charge < -0.3 is 19.3 Å². The summed E-state index contributed by atoms with van der Waals surface area (Å²) in [6, 6.07) is 1.47. The minimum atomic E-state index is -4.52. The lowest BCUT2D eigenvalue weighted by Crippen LogP contribution is -2.40. The second kappa shape index (κ2) is 18.3. The Morgan fingerprint density at radius 3 is 1.66 bits per heavy atom. The fraction of sp³-hybridized carbons (Fsp3) is 0.515. The van der Waals surface area contributed by atoms with Crippen molar-refractivity contribution in [3.8, 4) is 0 Å². The molecule has 4 aromatic heterocycles. The number of hydrogen-bond acceptors (Lipinski definition) is 12. The molecule has 0 spiro atoms. The number of carbonyl (C=O) groups excluding carboxylic acids is 4. The third-order valence-corrected chi connectivity index (χ3v) is 11.0. The number of esters is 2. The lowest BCUT2D eigenvalue weighted by Gasteiger charge is -2.31. The molecule has 14 nitrogen and oxygen atoms in total. The van der Waals surface area contributed by atoms with Crippen molar-refractivity contribution in [2.75, 3.05) is 40.4 Å². The van der Waals surface area contributed by atoms with Crippen LogP contribution < -0.4 is 0 Å². The van der Waals surface area contributed by atoms with E-state index in [0.29, 0.717) is 62.6 Å². The monoisotopic (exact) mass is 836 g/mol. The fourth-order valence-electron chi connectivity index (χ4n) is 6.03. The standard InChI is InChI=1S/C17H18F4N4O3S.C16H17F3N4O3S/c1-28-17(27)11-8-29-16(22-11)9-2-4-24(5-3-9)13(26)7-25-12(15(20)21)6-10(23-25)14(18)19;1-26-15(25)11-9-27-14(20-11)10-2-5-22(6-3-10)13(24)8-23-7-4-12(21-23)16(17,18)19/h6,8-9,14-15H,2-5,7H2,1H3;4,7,9-10H,2-3,5-6,8H2,1H3. The summed E-state index contributed by atoms with van der Waals surface area (Å²) in [5, 5.41) is 11.7. The van der Waals surface area contributed by atoms with Crippen molar-refractivity contribution in [3.63, 3.8) is 0 Å². The Balaban J connectivity index is 0.000000215. The van der Waals surface area contributed by atoms with E-state index in [1.54, 1.807) is 15.7 Å². The number of ether oxygens (including phenoxy) is 2. The van der Waals surface area contributed by atoms with Gasteiger partial charge in [0.1, 0.15) is 24.5 Å². The van der Waals surface area contributed by atoms with E-state index in [9.17, 15) is 49.9 Å².